The number of nitrogens with one attached hydrogen (secondary N) is 1. The van der Waals surface area contributed by atoms with E-state index in [0.29, 0.717) is 23.6 Å². The summed E-state index contributed by atoms with van der Waals surface area (Å²) in [6.45, 7) is 0. The van der Waals surface area contributed by atoms with Crippen molar-refractivity contribution in [1.82, 2.24) is 9.88 Å². The zero-order valence-electron chi connectivity index (χ0n) is 18.0. The number of aromatic nitrogens is 1. The molecule has 1 aliphatic heterocycles. The van der Waals surface area contributed by atoms with E-state index in [2.05, 4.69) is 26.2 Å². The van der Waals surface area contributed by atoms with Gasteiger partial charge >= 0.3 is 6.18 Å². The van der Waals surface area contributed by atoms with Crippen molar-refractivity contribution in [3.8, 4) is 0 Å². The first kappa shape index (κ1) is 24.7. The summed E-state index contributed by atoms with van der Waals surface area (Å²) in [5, 5.41) is 4.01. The number of anilines is 1. The van der Waals surface area contributed by atoms with Crippen molar-refractivity contribution >= 4 is 50.9 Å². The van der Waals surface area contributed by atoms with E-state index >= 15 is 0 Å². The largest absolute Gasteiger partial charge is 0.414 e. The molecule has 2 heterocycles. The number of carbonyl (C=O) groups excluding carboxylic acids is 1. The highest BCUT2D eigenvalue weighted by Gasteiger charge is 2.47. The zero-order chi connectivity index (χ0) is 23.8. The summed E-state index contributed by atoms with van der Waals surface area (Å²) in [6.07, 6.45) is -0.446. The van der Waals surface area contributed by atoms with E-state index in [-0.39, 0.29) is 17.7 Å². The van der Waals surface area contributed by atoms with E-state index in [1.807, 2.05) is 12.1 Å². The Morgan fingerprint density at radius 1 is 1.24 bits per heavy atom. The van der Waals surface area contributed by atoms with Crippen LogP contribution in [0, 0.1) is 5.92 Å². The van der Waals surface area contributed by atoms with E-state index in [4.69, 9.17) is 11.6 Å². The number of rotatable bonds is 5. The van der Waals surface area contributed by atoms with Crippen LogP contribution in [0.3, 0.4) is 0 Å². The van der Waals surface area contributed by atoms with Gasteiger partial charge in [-0.05, 0) is 82.4 Å². The van der Waals surface area contributed by atoms with Crippen LogP contribution < -0.4 is 5.32 Å². The van der Waals surface area contributed by atoms with Crippen LogP contribution in [0.15, 0.2) is 34.9 Å². The monoisotopic (exact) mass is 561 g/mol. The Balaban J connectivity index is 1.47. The average molecular weight is 563 g/mol. The molecule has 1 aromatic heterocycles. The molecule has 2 aliphatic rings. The molecule has 1 N–H and O–H groups in total. The minimum atomic E-state index is -4.62. The van der Waals surface area contributed by atoms with E-state index < -0.39 is 18.1 Å². The topological polar surface area (TPSA) is 45.2 Å². The third kappa shape index (κ3) is 5.46. The molecule has 0 bridgehead atoms. The standard InChI is InChI=1S/C23H24BrClF3N3OS/c1-31(22(32)13-6-8-33-9-7-13)21(23(26,27)28)19-5-3-15(12-29-19)30-16-10-14-2-4-18(25)20(24)17(14)11-16/h2-5,12-13,16,21,30H,6-11H2,1H3/t16?,21-/m0/s1. The summed E-state index contributed by atoms with van der Waals surface area (Å²) in [6, 6.07) is 4.83. The number of halogens is 5. The third-order valence-electron chi connectivity index (χ3n) is 6.26. The van der Waals surface area contributed by atoms with Crippen LogP contribution >= 0.6 is 39.3 Å². The van der Waals surface area contributed by atoms with Crippen LogP contribution in [0.25, 0.3) is 0 Å². The van der Waals surface area contributed by atoms with Crippen molar-refractivity contribution in [2.24, 2.45) is 5.92 Å². The molecule has 1 aromatic carbocycles. The van der Waals surface area contributed by atoms with Gasteiger partial charge in [-0.25, -0.2) is 0 Å². The van der Waals surface area contributed by atoms with E-state index in [1.54, 1.807) is 17.8 Å². The lowest BCUT2D eigenvalue weighted by molar-refractivity contribution is -0.191. The molecule has 10 heteroatoms. The maximum absolute atomic E-state index is 14.0. The Morgan fingerprint density at radius 2 is 1.97 bits per heavy atom. The number of carbonyl (C=O) groups is 1. The predicted molar refractivity (Wildman–Crippen MR) is 130 cm³/mol. The minimum absolute atomic E-state index is 0.0919. The highest BCUT2D eigenvalue weighted by molar-refractivity contribution is 9.10. The fourth-order valence-electron chi connectivity index (χ4n) is 4.56. The van der Waals surface area contributed by atoms with Crippen LogP contribution in [0.5, 0.6) is 0 Å². The zero-order valence-corrected chi connectivity index (χ0v) is 21.1. The summed E-state index contributed by atoms with van der Waals surface area (Å²) < 4.78 is 42.8. The number of nitrogens with zero attached hydrogens (tertiary/aromatic N) is 2. The first-order valence-corrected chi connectivity index (χ1v) is 13.1. The van der Waals surface area contributed by atoms with E-state index in [0.717, 1.165) is 39.3 Å². The average Bonchev–Trinajstić information content (AvgIpc) is 3.20. The first-order chi connectivity index (χ1) is 15.6. The van der Waals surface area contributed by atoms with Crippen molar-refractivity contribution in [3.63, 3.8) is 0 Å². The summed E-state index contributed by atoms with van der Waals surface area (Å²) >= 11 is 11.4. The molecule has 1 unspecified atom stereocenters. The van der Waals surface area contributed by atoms with Gasteiger partial charge in [0, 0.05) is 23.5 Å². The van der Waals surface area contributed by atoms with Gasteiger partial charge in [-0.15, -0.1) is 0 Å². The molecule has 1 fully saturated rings. The number of amides is 1. The number of alkyl halides is 3. The van der Waals surface area contributed by atoms with Crippen LogP contribution in [-0.4, -0.2) is 46.6 Å². The van der Waals surface area contributed by atoms with Gasteiger partial charge < -0.3 is 10.2 Å². The second-order valence-corrected chi connectivity index (χ2v) is 10.9. The van der Waals surface area contributed by atoms with Crippen LogP contribution in [0.4, 0.5) is 18.9 Å². The van der Waals surface area contributed by atoms with Gasteiger partial charge in [-0.3, -0.25) is 9.78 Å². The van der Waals surface area contributed by atoms with Crippen molar-refractivity contribution < 1.29 is 18.0 Å². The van der Waals surface area contributed by atoms with Gasteiger partial charge in [-0.1, -0.05) is 17.7 Å². The molecule has 33 heavy (non-hydrogen) atoms. The van der Waals surface area contributed by atoms with Crippen LogP contribution in [-0.2, 0) is 17.6 Å². The normalized spacial score (nSPS) is 19.8. The molecular weight excluding hydrogens is 539 g/mol. The second-order valence-electron chi connectivity index (χ2n) is 8.50. The molecule has 0 radical (unpaired) electrons. The van der Waals surface area contributed by atoms with Crippen molar-refractivity contribution in [1.29, 1.82) is 0 Å². The van der Waals surface area contributed by atoms with E-state index in [1.165, 1.54) is 24.9 Å². The molecule has 1 amide bonds. The van der Waals surface area contributed by atoms with Crippen LogP contribution in [0.2, 0.25) is 5.02 Å². The fraction of sp³-hybridized carbons (Fsp3) is 0.478. The smallest absolute Gasteiger partial charge is 0.380 e. The van der Waals surface area contributed by atoms with E-state index in [9.17, 15) is 18.0 Å². The summed E-state index contributed by atoms with van der Waals surface area (Å²) in [5.41, 5.74) is 2.78. The van der Waals surface area contributed by atoms with Crippen molar-refractivity contribution in [2.75, 3.05) is 23.9 Å². The van der Waals surface area contributed by atoms with Gasteiger partial charge in [0.1, 0.15) is 0 Å². The van der Waals surface area contributed by atoms with Gasteiger partial charge in [0.05, 0.1) is 22.6 Å². The molecule has 0 spiro atoms. The molecular formula is C23H24BrClF3N3OS. The lowest BCUT2D eigenvalue weighted by Gasteiger charge is -2.33. The highest BCUT2D eigenvalue weighted by Crippen LogP contribution is 2.39. The maximum Gasteiger partial charge on any atom is 0.414 e. The van der Waals surface area contributed by atoms with Gasteiger partial charge in [0.15, 0.2) is 6.04 Å². The lowest BCUT2D eigenvalue weighted by Crippen LogP contribution is -2.43. The van der Waals surface area contributed by atoms with Crippen LogP contribution in [0.1, 0.15) is 35.7 Å². The predicted octanol–water partition coefficient (Wildman–Crippen LogP) is 6.28. The first-order valence-electron chi connectivity index (χ1n) is 10.7. The summed E-state index contributed by atoms with van der Waals surface area (Å²) in [4.78, 5) is 17.7. The molecule has 0 saturated carbocycles. The third-order valence-corrected chi connectivity index (χ3v) is 8.76. The highest BCUT2D eigenvalue weighted by atomic mass is 79.9. The Bertz CT molecular complexity index is 1020. The molecule has 2 aromatic rings. The van der Waals surface area contributed by atoms with Crippen molar-refractivity contribution in [3.05, 3.63) is 56.8 Å². The molecule has 4 nitrogen and oxygen atoms in total. The molecule has 178 valence electrons. The number of pyridine rings is 1. The Kier molecular flexibility index (Phi) is 7.50. The van der Waals surface area contributed by atoms with Gasteiger partial charge in [-0.2, -0.15) is 24.9 Å². The number of fused-ring (bicyclic) bond motifs is 1. The van der Waals surface area contributed by atoms with Gasteiger partial charge in [0.25, 0.3) is 0 Å². The SMILES string of the molecule is CN(C(=O)C1CCSCC1)[C@@H](c1ccc(NC2Cc3ccc(Cl)c(Br)c3C2)cn1)C(F)(F)F. The van der Waals surface area contributed by atoms with Gasteiger partial charge in [0.2, 0.25) is 5.91 Å². The quantitative estimate of drug-likeness (QED) is 0.466. The van der Waals surface area contributed by atoms with Crippen molar-refractivity contribution in [2.45, 2.75) is 43.9 Å². The lowest BCUT2D eigenvalue weighted by atomic mass is 9.99. The summed E-state index contributed by atoms with van der Waals surface area (Å²) in [7, 11) is 1.23. The summed E-state index contributed by atoms with van der Waals surface area (Å²) in [5.74, 6) is 0.772. The Hall–Kier alpha value is -1.45. The number of hydrogen-bond acceptors (Lipinski definition) is 4. The molecule has 1 saturated heterocycles. The second kappa shape index (κ2) is 10.0. The number of thioether (sulfide) groups is 1. The fourth-order valence-corrected chi connectivity index (χ4v) is 6.40. The molecule has 1 aliphatic carbocycles. The minimum Gasteiger partial charge on any atom is -0.380 e. The number of benzene rings is 1. The number of hydrogen-bond donors (Lipinski definition) is 1. The Morgan fingerprint density at radius 3 is 2.61 bits per heavy atom. The maximum atomic E-state index is 14.0. The Labute approximate surface area is 208 Å². The molecule has 2 atom stereocenters. The molecule has 4 rings (SSSR count).